The lowest BCUT2D eigenvalue weighted by Gasteiger charge is -2.25. The normalized spacial score (nSPS) is 15.2. The van der Waals surface area contributed by atoms with Gasteiger partial charge in [-0.1, -0.05) is 97.8 Å². The molecule has 0 fully saturated rings. The van der Waals surface area contributed by atoms with Crippen molar-refractivity contribution in [3.8, 4) is 0 Å². The molecule has 0 saturated carbocycles. The Bertz CT molecular complexity index is 445. The molecule has 0 nitrogen and oxygen atoms in total. The summed E-state index contributed by atoms with van der Waals surface area (Å²) in [6, 6.07) is 7.33. The van der Waals surface area contributed by atoms with Crippen LogP contribution in [0.4, 0.5) is 0 Å². The highest BCUT2D eigenvalue weighted by Gasteiger charge is 2.19. The second-order valence-corrected chi connectivity index (χ2v) is 8.13. The third-order valence-electron chi connectivity index (χ3n) is 5.76. The van der Waals surface area contributed by atoms with Crippen LogP contribution in [0.5, 0.6) is 0 Å². The van der Waals surface area contributed by atoms with Crippen LogP contribution in [0.2, 0.25) is 0 Å². The maximum absolute atomic E-state index is 2.47. The molecule has 0 heteroatoms. The first-order valence-electron chi connectivity index (χ1n) is 10.6. The van der Waals surface area contributed by atoms with E-state index in [1.165, 1.54) is 68.9 Å². The summed E-state index contributed by atoms with van der Waals surface area (Å²) in [5.41, 5.74) is 4.66. The number of unbranched alkanes of at least 4 members (excludes halogenated alkanes) is 3. The summed E-state index contributed by atoms with van der Waals surface area (Å²) in [5, 5.41) is 0. The lowest BCUT2D eigenvalue weighted by molar-refractivity contribution is 0.404. The van der Waals surface area contributed by atoms with Crippen molar-refractivity contribution in [1.29, 1.82) is 0 Å². The molecule has 3 atom stereocenters. The van der Waals surface area contributed by atoms with Gasteiger partial charge in [-0.15, -0.1) is 0 Å². The Kier molecular flexibility index (Phi) is 10.4. The second kappa shape index (κ2) is 11.7. The highest BCUT2D eigenvalue weighted by atomic mass is 14.2. The van der Waals surface area contributed by atoms with Gasteiger partial charge in [0.1, 0.15) is 0 Å². The molecule has 24 heavy (non-hydrogen) atoms. The number of aryl methyl sites for hydroxylation is 1. The smallest absolute Gasteiger partial charge is 0.0136 e. The van der Waals surface area contributed by atoms with Crippen LogP contribution in [0, 0.1) is 18.8 Å². The molecule has 0 spiro atoms. The first-order valence-corrected chi connectivity index (χ1v) is 10.6. The van der Waals surface area contributed by atoms with Crippen molar-refractivity contribution in [2.24, 2.45) is 11.8 Å². The predicted molar refractivity (Wildman–Crippen MR) is 110 cm³/mol. The molecule has 1 aromatic rings. The third kappa shape index (κ3) is 6.99. The van der Waals surface area contributed by atoms with Crippen molar-refractivity contribution in [2.75, 3.05) is 0 Å². The Morgan fingerprint density at radius 1 is 0.875 bits per heavy atom. The van der Waals surface area contributed by atoms with E-state index in [0.717, 1.165) is 17.8 Å². The van der Waals surface area contributed by atoms with Crippen molar-refractivity contribution in [1.82, 2.24) is 0 Å². The summed E-state index contributed by atoms with van der Waals surface area (Å²) < 4.78 is 0. The van der Waals surface area contributed by atoms with Gasteiger partial charge in [0.2, 0.25) is 0 Å². The maximum atomic E-state index is 2.47. The molecule has 3 unspecified atom stereocenters. The van der Waals surface area contributed by atoms with Crippen LogP contribution < -0.4 is 0 Å². The van der Waals surface area contributed by atoms with Gasteiger partial charge in [-0.2, -0.15) is 0 Å². The molecule has 0 heterocycles. The second-order valence-electron chi connectivity index (χ2n) is 8.13. The summed E-state index contributed by atoms with van der Waals surface area (Å²) in [6.45, 7) is 14.1. The third-order valence-corrected chi connectivity index (χ3v) is 5.76. The lowest BCUT2D eigenvalue weighted by atomic mass is 9.80. The van der Waals surface area contributed by atoms with E-state index < -0.39 is 0 Å². The van der Waals surface area contributed by atoms with Crippen LogP contribution in [0.25, 0.3) is 0 Å². The molecule has 0 aromatic heterocycles. The summed E-state index contributed by atoms with van der Waals surface area (Å²) in [6.07, 6.45) is 12.0. The standard InChI is InChI=1S/C24H42/c1-7-10-12-13-19(4)17-22-15-16-24(21(6)18-22)23(9-3)20(5)14-11-8-2/h15-16,18-20,23H,7-14,17H2,1-6H3. The van der Waals surface area contributed by atoms with Crippen LogP contribution in [-0.2, 0) is 6.42 Å². The van der Waals surface area contributed by atoms with E-state index in [9.17, 15) is 0 Å². The minimum Gasteiger partial charge on any atom is -0.0654 e. The molecular formula is C24H42. The summed E-state index contributed by atoms with van der Waals surface area (Å²) in [7, 11) is 0. The molecule has 0 aliphatic rings. The number of rotatable bonds is 12. The first kappa shape index (κ1) is 21.3. The fraction of sp³-hybridized carbons (Fsp3) is 0.750. The van der Waals surface area contributed by atoms with Gasteiger partial charge in [0.15, 0.2) is 0 Å². The summed E-state index contributed by atoms with van der Waals surface area (Å²) in [4.78, 5) is 0. The lowest BCUT2D eigenvalue weighted by Crippen LogP contribution is -2.11. The highest BCUT2D eigenvalue weighted by Crippen LogP contribution is 2.33. The van der Waals surface area contributed by atoms with Crippen LogP contribution in [-0.4, -0.2) is 0 Å². The Hall–Kier alpha value is -0.780. The van der Waals surface area contributed by atoms with E-state index in [1.807, 2.05) is 0 Å². The average Bonchev–Trinajstić information content (AvgIpc) is 2.55. The number of hydrogen-bond donors (Lipinski definition) is 0. The molecule has 0 aliphatic heterocycles. The summed E-state index contributed by atoms with van der Waals surface area (Å²) in [5.74, 6) is 2.34. The molecule has 1 aromatic carbocycles. The zero-order valence-electron chi connectivity index (χ0n) is 17.3. The van der Waals surface area contributed by atoms with Crippen LogP contribution >= 0.6 is 0 Å². The number of benzene rings is 1. The molecule has 0 aliphatic carbocycles. The molecule has 0 N–H and O–H groups in total. The van der Waals surface area contributed by atoms with Gasteiger partial charge in [-0.3, -0.25) is 0 Å². The van der Waals surface area contributed by atoms with E-state index in [4.69, 9.17) is 0 Å². The molecular weight excluding hydrogens is 288 g/mol. The topological polar surface area (TPSA) is 0 Å². The zero-order chi connectivity index (χ0) is 17.9. The van der Waals surface area contributed by atoms with Crippen molar-refractivity contribution in [3.05, 3.63) is 34.9 Å². The Morgan fingerprint density at radius 2 is 1.58 bits per heavy atom. The minimum atomic E-state index is 0.729. The monoisotopic (exact) mass is 330 g/mol. The quantitative estimate of drug-likeness (QED) is 0.340. The van der Waals surface area contributed by atoms with Gasteiger partial charge < -0.3 is 0 Å². The SMILES string of the molecule is CCCCCC(C)Cc1ccc(C(CC)C(C)CCCC)c(C)c1. The first-order chi connectivity index (χ1) is 11.5. The molecule has 138 valence electrons. The molecule has 0 amide bonds. The van der Waals surface area contributed by atoms with Crippen molar-refractivity contribution in [3.63, 3.8) is 0 Å². The molecule has 0 saturated heterocycles. The van der Waals surface area contributed by atoms with E-state index in [2.05, 4.69) is 59.7 Å². The molecule has 0 bridgehead atoms. The van der Waals surface area contributed by atoms with E-state index >= 15 is 0 Å². The number of hydrogen-bond acceptors (Lipinski definition) is 0. The van der Waals surface area contributed by atoms with Gasteiger partial charge in [-0.05, 0) is 54.2 Å². The summed E-state index contributed by atoms with van der Waals surface area (Å²) >= 11 is 0. The Labute approximate surface area is 152 Å². The van der Waals surface area contributed by atoms with Crippen LogP contribution in [0.1, 0.15) is 109 Å². The zero-order valence-corrected chi connectivity index (χ0v) is 17.3. The van der Waals surface area contributed by atoms with E-state index in [-0.39, 0.29) is 0 Å². The van der Waals surface area contributed by atoms with E-state index in [1.54, 1.807) is 5.56 Å². The fourth-order valence-corrected chi connectivity index (χ4v) is 4.18. The van der Waals surface area contributed by atoms with Gasteiger partial charge in [-0.25, -0.2) is 0 Å². The average molecular weight is 331 g/mol. The van der Waals surface area contributed by atoms with Crippen molar-refractivity contribution < 1.29 is 0 Å². The molecule has 1 rings (SSSR count). The van der Waals surface area contributed by atoms with Crippen LogP contribution in [0.3, 0.4) is 0 Å². The Balaban J connectivity index is 2.71. The molecule has 0 radical (unpaired) electrons. The maximum Gasteiger partial charge on any atom is -0.0136 e. The van der Waals surface area contributed by atoms with Crippen molar-refractivity contribution >= 4 is 0 Å². The minimum absolute atomic E-state index is 0.729. The van der Waals surface area contributed by atoms with Gasteiger partial charge in [0, 0.05) is 0 Å². The van der Waals surface area contributed by atoms with E-state index in [0.29, 0.717) is 0 Å². The largest absolute Gasteiger partial charge is 0.0654 e. The van der Waals surface area contributed by atoms with Gasteiger partial charge in [0.05, 0.1) is 0 Å². The highest BCUT2D eigenvalue weighted by molar-refractivity contribution is 5.34. The Morgan fingerprint density at radius 3 is 2.17 bits per heavy atom. The van der Waals surface area contributed by atoms with Crippen LogP contribution in [0.15, 0.2) is 18.2 Å². The predicted octanol–water partition coefficient (Wildman–Crippen LogP) is 8.07. The van der Waals surface area contributed by atoms with Gasteiger partial charge >= 0.3 is 0 Å². The fourth-order valence-electron chi connectivity index (χ4n) is 4.18. The van der Waals surface area contributed by atoms with Crippen molar-refractivity contribution in [2.45, 2.75) is 105 Å². The van der Waals surface area contributed by atoms with Gasteiger partial charge in [0.25, 0.3) is 0 Å².